The number of amides is 1. The highest BCUT2D eigenvalue weighted by Crippen LogP contribution is 2.31. The van der Waals surface area contributed by atoms with Crippen LogP contribution in [0.25, 0.3) is 0 Å². The second kappa shape index (κ2) is 7.67. The molecule has 1 unspecified atom stereocenters. The van der Waals surface area contributed by atoms with Gasteiger partial charge in [0.1, 0.15) is 4.21 Å². The van der Waals surface area contributed by atoms with Gasteiger partial charge in [0.2, 0.25) is 15.9 Å². The van der Waals surface area contributed by atoms with Crippen LogP contribution in [0.3, 0.4) is 0 Å². The average molecular weight is 383 g/mol. The summed E-state index contributed by atoms with van der Waals surface area (Å²) in [5.74, 6) is -0.0255. The number of hydrogen-bond donors (Lipinski definition) is 1. The van der Waals surface area contributed by atoms with Crippen molar-refractivity contribution in [2.24, 2.45) is 7.05 Å². The number of sulfonamides is 1. The molecule has 9 heteroatoms. The van der Waals surface area contributed by atoms with Crippen LogP contribution in [0.2, 0.25) is 0 Å². The van der Waals surface area contributed by atoms with Crippen LogP contribution in [0.1, 0.15) is 37.3 Å². The van der Waals surface area contributed by atoms with E-state index in [4.69, 9.17) is 0 Å². The maximum atomic E-state index is 12.6. The average Bonchev–Trinajstić information content (AvgIpc) is 3.26. The first kappa shape index (κ1) is 18.1. The van der Waals surface area contributed by atoms with Crippen LogP contribution in [0.15, 0.2) is 34.1 Å². The Hall–Kier alpha value is -1.71. The van der Waals surface area contributed by atoms with Crippen molar-refractivity contribution in [2.75, 3.05) is 13.1 Å². The van der Waals surface area contributed by atoms with E-state index in [2.05, 4.69) is 9.82 Å². The molecule has 0 spiro atoms. The van der Waals surface area contributed by atoms with Crippen molar-refractivity contribution >= 4 is 27.3 Å². The zero-order valence-electron chi connectivity index (χ0n) is 14.1. The third-order valence-electron chi connectivity index (χ3n) is 4.32. The van der Waals surface area contributed by atoms with E-state index in [9.17, 15) is 13.2 Å². The van der Waals surface area contributed by atoms with Gasteiger partial charge in [-0.2, -0.15) is 5.10 Å². The van der Waals surface area contributed by atoms with Crippen LogP contribution < -0.4 is 4.72 Å². The Morgan fingerprint density at radius 3 is 2.96 bits per heavy atom. The van der Waals surface area contributed by atoms with Crippen molar-refractivity contribution in [3.63, 3.8) is 0 Å². The lowest BCUT2D eigenvalue weighted by atomic mass is 9.97. The lowest BCUT2D eigenvalue weighted by Gasteiger charge is -2.35. The Labute approximate surface area is 151 Å². The summed E-state index contributed by atoms with van der Waals surface area (Å²) in [4.78, 5) is 14.5. The Morgan fingerprint density at radius 2 is 2.28 bits per heavy atom. The number of carbonyl (C=O) groups is 1. The Morgan fingerprint density at radius 1 is 1.44 bits per heavy atom. The standard InChI is InChI=1S/C16H22N4O3S2/c1-19-12-13(11-17-19)14-5-2-3-9-20(14)15(21)7-8-18-25(22,23)16-6-4-10-24-16/h4,6,10-12,14,18H,2-3,5,7-9H2,1H3. The van der Waals surface area contributed by atoms with Gasteiger partial charge in [-0.1, -0.05) is 6.07 Å². The molecule has 0 bridgehead atoms. The largest absolute Gasteiger partial charge is 0.336 e. The zero-order valence-corrected chi connectivity index (χ0v) is 15.7. The number of hydrogen-bond acceptors (Lipinski definition) is 5. The molecule has 0 aromatic carbocycles. The third-order valence-corrected chi connectivity index (χ3v) is 7.18. The maximum absolute atomic E-state index is 12.6. The van der Waals surface area contributed by atoms with E-state index in [1.165, 1.54) is 0 Å². The first-order valence-corrected chi connectivity index (χ1v) is 10.6. The van der Waals surface area contributed by atoms with E-state index in [0.717, 1.165) is 36.2 Å². The molecule has 7 nitrogen and oxygen atoms in total. The number of rotatable bonds is 6. The molecule has 1 N–H and O–H groups in total. The number of nitrogens with zero attached hydrogens (tertiary/aromatic N) is 3. The quantitative estimate of drug-likeness (QED) is 0.827. The van der Waals surface area contributed by atoms with E-state index in [-0.39, 0.29) is 29.1 Å². The van der Waals surface area contributed by atoms with Crippen molar-refractivity contribution in [1.29, 1.82) is 0 Å². The Kier molecular flexibility index (Phi) is 5.55. The van der Waals surface area contributed by atoms with Gasteiger partial charge in [-0.25, -0.2) is 13.1 Å². The number of thiophene rings is 1. The van der Waals surface area contributed by atoms with Gasteiger partial charge < -0.3 is 4.90 Å². The van der Waals surface area contributed by atoms with Crippen molar-refractivity contribution in [3.05, 3.63) is 35.5 Å². The molecule has 1 saturated heterocycles. The van der Waals surface area contributed by atoms with Gasteiger partial charge in [0.15, 0.2) is 0 Å². The number of aromatic nitrogens is 2. The molecule has 1 aliphatic rings. The number of aryl methyl sites for hydroxylation is 1. The van der Waals surface area contributed by atoms with E-state index in [1.807, 2.05) is 18.1 Å². The molecule has 2 aromatic heterocycles. The Bertz CT molecular complexity index is 814. The SMILES string of the molecule is Cn1cc(C2CCCCN2C(=O)CCNS(=O)(=O)c2cccs2)cn1. The summed E-state index contributed by atoms with van der Waals surface area (Å²) >= 11 is 1.16. The number of likely N-dealkylation sites (tertiary alicyclic amines) is 1. The summed E-state index contributed by atoms with van der Waals surface area (Å²) in [5.41, 5.74) is 1.04. The molecule has 3 heterocycles. The highest BCUT2D eigenvalue weighted by atomic mass is 32.2. The van der Waals surface area contributed by atoms with E-state index >= 15 is 0 Å². The lowest BCUT2D eigenvalue weighted by molar-refractivity contribution is -0.134. The van der Waals surface area contributed by atoms with Crippen LogP contribution in [-0.2, 0) is 21.9 Å². The first-order valence-electron chi connectivity index (χ1n) is 8.28. The topological polar surface area (TPSA) is 84.3 Å². The molecule has 2 aromatic rings. The second-order valence-electron chi connectivity index (χ2n) is 6.13. The molecule has 1 fully saturated rings. The van der Waals surface area contributed by atoms with E-state index < -0.39 is 10.0 Å². The molecule has 0 aliphatic carbocycles. The fraction of sp³-hybridized carbons (Fsp3) is 0.500. The minimum atomic E-state index is -3.52. The summed E-state index contributed by atoms with van der Waals surface area (Å²) in [5, 5.41) is 5.91. The van der Waals surface area contributed by atoms with Gasteiger partial charge in [0.25, 0.3) is 0 Å². The molecule has 25 heavy (non-hydrogen) atoms. The maximum Gasteiger partial charge on any atom is 0.250 e. The van der Waals surface area contributed by atoms with Crippen molar-refractivity contribution in [3.8, 4) is 0 Å². The predicted molar refractivity (Wildman–Crippen MR) is 95.6 cm³/mol. The lowest BCUT2D eigenvalue weighted by Crippen LogP contribution is -2.40. The van der Waals surface area contributed by atoms with Gasteiger partial charge >= 0.3 is 0 Å². The highest BCUT2D eigenvalue weighted by molar-refractivity contribution is 7.91. The molecule has 136 valence electrons. The number of nitrogens with one attached hydrogen (secondary N) is 1. The molecule has 3 rings (SSSR count). The van der Waals surface area contributed by atoms with Crippen LogP contribution in [-0.4, -0.2) is 42.1 Å². The second-order valence-corrected chi connectivity index (χ2v) is 9.07. The molecular formula is C16H22N4O3S2. The van der Waals surface area contributed by atoms with E-state index in [0.29, 0.717) is 6.54 Å². The minimum Gasteiger partial charge on any atom is -0.336 e. The van der Waals surface area contributed by atoms with Crippen LogP contribution in [0, 0.1) is 0 Å². The van der Waals surface area contributed by atoms with Crippen LogP contribution in [0.4, 0.5) is 0 Å². The molecule has 1 aliphatic heterocycles. The van der Waals surface area contributed by atoms with Crippen molar-refractivity contribution < 1.29 is 13.2 Å². The van der Waals surface area contributed by atoms with Gasteiger partial charge in [-0.15, -0.1) is 11.3 Å². The zero-order chi connectivity index (χ0) is 17.9. The van der Waals surface area contributed by atoms with E-state index in [1.54, 1.807) is 28.4 Å². The van der Waals surface area contributed by atoms with Crippen molar-refractivity contribution in [1.82, 2.24) is 19.4 Å². The summed E-state index contributed by atoms with van der Waals surface area (Å²) in [6.07, 6.45) is 6.86. The van der Waals surface area contributed by atoms with Gasteiger partial charge in [-0.05, 0) is 30.7 Å². The number of carbonyl (C=O) groups excluding carboxylic acids is 1. The monoisotopic (exact) mass is 382 g/mol. The predicted octanol–water partition coefficient (Wildman–Crippen LogP) is 1.90. The van der Waals surface area contributed by atoms with Gasteiger partial charge in [-0.3, -0.25) is 9.48 Å². The molecule has 0 radical (unpaired) electrons. The number of piperidine rings is 1. The fourth-order valence-corrected chi connectivity index (χ4v) is 5.18. The first-order chi connectivity index (χ1) is 12.0. The highest BCUT2D eigenvalue weighted by Gasteiger charge is 2.28. The fourth-order valence-electron chi connectivity index (χ4n) is 3.11. The molecule has 0 saturated carbocycles. The van der Waals surface area contributed by atoms with Crippen molar-refractivity contribution in [2.45, 2.75) is 35.9 Å². The minimum absolute atomic E-state index is 0.0255. The summed E-state index contributed by atoms with van der Waals surface area (Å²) in [7, 11) is -1.66. The van der Waals surface area contributed by atoms with Crippen LogP contribution >= 0.6 is 11.3 Å². The summed E-state index contributed by atoms with van der Waals surface area (Å²) in [6.45, 7) is 0.811. The molecular weight excluding hydrogens is 360 g/mol. The van der Waals surface area contributed by atoms with Gasteiger partial charge in [0, 0.05) is 38.3 Å². The molecule has 1 amide bonds. The Balaban J connectivity index is 1.59. The van der Waals surface area contributed by atoms with Gasteiger partial charge in [0.05, 0.1) is 12.2 Å². The van der Waals surface area contributed by atoms with Crippen LogP contribution in [0.5, 0.6) is 0 Å². The normalized spacial score (nSPS) is 18.4. The molecule has 1 atom stereocenters. The summed E-state index contributed by atoms with van der Waals surface area (Å²) in [6, 6.07) is 3.28. The summed E-state index contributed by atoms with van der Waals surface area (Å²) < 4.78 is 28.7. The smallest absolute Gasteiger partial charge is 0.250 e. The third kappa shape index (κ3) is 4.28.